The van der Waals surface area contributed by atoms with Crippen LogP contribution in [0.2, 0.25) is 5.02 Å². The van der Waals surface area contributed by atoms with Crippen molar-refractivity contribution in [3.8, 4) is 22.8 Å². The molecule has 0 aliphatic heterocycles. The molecule has 2 aromatic carbocycles. The first kappa shape index (κ1) is 18.5. The highest BCUT2D eigenvalue weighted by molar-refractivity contribution is 7.15. The van der Waals surface area contributed by atoms with Gasteiger partial charge in [0.15, 0.2) is 16.5 Å². The SMILES string of the molecule is COc1cc(/C=c2\sc3nc(-c4ccc(C)c(C)c4)cn3c2=O)cc(Cl)c1O. The number of methoxy groups -OCH3 is 1. The van der Waals surface area contributed by atoms with E-state index in [1.165, 1.54) is 29.6 Å². The topological polar surface area (TPSA) is 63.8 Å². The van der Waals surface area contributed by atoms with Gasteiger partial charge >= 0.3 is 0 Å². The zero-order valence-electron chi connectivity index (χ0n) is 15.5. The summed E-state index contributed by atoms with van der Waals surface area (Å²) in [5, 5.41) is 10.0. The molecular weight excluding hydrogens is 396 g/mol. The van der Waals surface area contributed by atoms with E-state index < -0.39 is 0 Å². The highest BCUT2D eigenvalue weighted by Crippen LogP contribution is 2.35. The predicted octanol–water partition coefficient (Wildman–Crippen LogP) is 3.96. The Hall–Kier alpha value is -2.83. The molecule has 4 aromatic rings. The van der Waals surface area contributed by atoms with Gasteiger partial charge in [0, 0.05) is 11.8 Å². The maximum absolute atomic E-state index is 12.8. The third kappa shape index (κ3) is 3.15. The van der Waals surface area contributed by atoms with E-state index in [0.29, 0.717) is 15.1 Å². The molecule has 2 heterocycles. The van der Waals surface area contributed by atoms with Crippen LogP contribution in [0.4, 0.5) is 0 Å². The molecule has 0 fully saturated rings. The number of phenols is 1. The summed E-state index contributed by atoms with van der Waals surface area (Å²) in [4.78, 5) is 18.0. The normalized spacial score (nSPS) is 12.1. The van der Waals surface area contributed by atoms with Crippen molar-refractivity contribution in [2.24, 2.45) is 0 Å². The van der Waals surface area contributed by atoms with Crippen LogP contribution in [-0.2, 0) is 0 Å². The number of nitrogens with zero attached hydrogens (tertiary/aromatic N) is 2. The molecule has 0 radical (unpaired) electrons. The summed E-state index contributed by atoms with van der Waals surface area (Å²) in [5.41, 5.74) is 4.67. The zero-order valence-corrected chi connectivity index (χ0v) is 17.1. The Balaban J connectivity index is 1.80. The second-order valence-corrected chi connectivity index (χ2v) is 7.96. The molecule has 0 unspecified atom stereocenters. The Morgan fingerprint density at radius 3 is 2.68 bits per heavy atom. The number of thiazole rings is 1. The summed E-state index contributed by atoms with van der Waals surface area (Å²) in [6.07, 6.45) is 3.48. The number of ether oxygens (including phenoxy) is 1. The van der Waals surface area contributed by atoms with Gasteiger partial charge in [0.1, 0.15) is 0 Å². The standard InChI is InChI=1S/C21H17ClN2O3S/c1-11-4-5-14(6-12(11)2)16-10-24-20(26)18(28-21(24)23-16)9-13-7-15(22)19(25)17(8-13)27-3/h4-10,25H,1-3H3/b18-9-. The van der Waals surface area contributed by atoms with Crippen molar-refractivity contribution < 1.29 is 9.84 Å². The van der Waals surface area contributed by atoms with Gasteiger partial charge in [-0.1, -0.05) is 35.1 Å². The molecule has 142 valence electrons. The summed E-state index contributed by atoms with van der Waals surface area (Å²) >= 11 is 7.33. The smallest absolute Gasteiger partial charge is 0.274 e. The predicted molar refractivity (Wildman–Crippen MR) is 113 cm³/mol. The minimum absolute atomic E-state index is 0.123. The second kappa shape index (κ2) is 6.96. The highest BCUT2D eigenvalue weighted by Gasteiger charge is 2.12. The summed E-state index contributed by atoms with van der Waals surface area (Å²) in [6, 6.07) is 9.35. The van der Waals surface area contributed by atoms with Gasteiger partial charge in [0.2, 0.25) is 0 Å². The van der Waals surface area contributed by atoms with E-state index in [1.54, 1.807) is 28.8 Å². The van der Waals surface area contributed by atoms with E-state index in [4.69, 9.17) is 16.3 Å². The maximum atomic E-state index is 12.8. The number of phenolic OH excluding ortho intramolecular Hbond substituents is 1. The number of halogens is 1. The summed E-state index contributed by atoms with van der Waals surface area (Å²) in [5.74, 6) is 0.132. The number of rotatable bonds is 3. The lowest BCUT2D eigenvalue weighted by Crippen LogP contribution is -2.22. The first-order valence-electron chi connectivity index (χ1n) is 8.55. The number of hydrogen-bond acceptors (Lipinski definition) is 5. The van der Waals surface area contributed by atoms with Gasteiger partial charge in [-0.2, -0.15) is 0 Å². The van der Waals surface area contributed by atoms with Crippen LogP contribution < -0.4 is 14.8 Å². The molecule has 7 heteroatoms. The van der Waals surface area contributed by atoms with E-state index >= 15 is 0 Å². The molecular formula is C21H17ClN2O3S. The van der Waals surface area contributed by atoms with Crippen LogP contribution in [0.1, 0.15) is 16.7 Å². The number of fused-ring (bicyclic) bond motifs is 1. The Labute approximate surface area is 170 Å². The van der Waals surface area contributed by atoms with Gasteiger partial charge in [0.25, 0.3) is 5.56 Å². The van der Waals surface area contributed by atoms with Crippen LogP contribution in [0.25, 0.3) is 22.3 Å². The first-order valence-corrected chi connectivity index (χ1v) is 9.74. The monoisotopic (exact) mass is 412 g/mol. The lowest BCUT2D eigenvalue weighted by Gasteiger charge is -2.05. The fraction of sp³-hybridized carbons (Fsp3) is 0.143. The van der Waals surface area contributed by atoms with E-state index in [1.807, 2.05) is 6.07 Å². The quantitative estimate of drug-likeness (QED) is 0.553. The molecule has 0 saturated heterocycles. The van der Waals surface area contributed by atoms with Gasteiger partial charge in [-0.05, 0) is 54.8 Å². The molecule has 28 heavy (non-hydrogen) atoms. The van der Waals surface area contributed by atoms with E-state index in [2.05, 4.69) is 31.0 Å². The molecule has 0 atom stereocenters. The fourth-order valence-corrected chi connectivity index (χ4v) is 4.13. The molecule has 1 N–H and O–H groups in total. The lowest BCUT2D eigenvalue weighted by atomic mass is 10.1. The van der Waals surface area contributed by atoms with Crippen LogP contribution in [0.5, 0.6) is 11.5 Å². The van der Waals surface area contributed by atoms with Crippen molar-refractivity contribution in [2.75, 3.05) is 7.11 Å². The van der Waals surface area contributed by atoms with E-state index in [0.717, 1.165) is 11.3 Å². The molecule has 0 aliphatic carbocycles. The minimum atomic E-state index is -0.147. The van der Waals surface area contributed by atoms with E-state index in [9.17, 15) is 9.90 Å². The van der Waals surface area contributed by atoms with E-state index in [-0.39, 0.29) is 22.1 Å². The zero-order chi connectivity index (χ0) is 20.0. The maximum Gasteiger partial charge on any atom is 0.274 e. The van der Waals surface area contributed by atoms with Crippen molar-refractivity contribution >= 4 is 34.0 Å². The third-order valence-corrected chi connectivity index (χ3v) is 5.95. The minimum Gasteiger partial charge on any atom is -0.503 e. The Morgan fingerprint density at radius 1 is 1.21 bits per heavy atom. The highest BCUT2D eigenvalue weighted by atomic mass is 35.5. The Bertz CT molecular complexity index is 1320. The van der Waals surface area contributed by atoms with Gasteiger partial charge in [-0.25, -0.2) is 4.98 Å². The number of benzene rings is 2. The van der Waals surface area contributed by atoms with Crippen molar-refractivity contribution in [1.82, 2.24) is 9.38 Å². The number of aryl methyl sites for hydroxylation is 2. The lowest BCUT2D eigenvalue weighted by molar-refractivity contribution is 0.373. The fourth-order valence-electron chi connectivity index (χ4n) is 2.96. The molecule has 0 aliphatic rings. The first-order chi connectivity index (χ1) is 13.4. The third-order valence-electron chi connectivity index (χ3n) is 4.68. The number of aromatic nitrogens is 2. The second-order valence-electron chi connectivity index (χ2n) is 6.55. The van der Waals surface area contributed by atoms with Crippen molar-refractivity contribution in [2.45, 2.75) is 13.8 Å². The van der Waals surface area contributed by atoms with Crippen LogP contribution >= 0.6 is 22.9 Å². The molecule has 2 aromatic heterocycles. The molecule has 0 saturated carbocycles. The largest absolute Gasteiger partial charge is 0.503 e. The average molecular weight is 413 g/mol. The van der Waals surface area contributed by atoms with Crippen LogP contribution in [-0.4, -0.2) is 21.6 Å². The number of aromatic hydroxyl groups is 1. The molecule has 4 rings (SSSR count). The average Bonchev–Trinajstić information content (AvgIpc) is 3.20. The van der Waals surface area contributed by atoms with Gasteiger partial charge in [0.05, 0.1) is 22.4 Å². The van der Waals surface area contributed by atoms with Crippen LogP contribution in [0, 0.1) is 13.8 Å². The summed E-state index contributed by atoms with van der Waals surface area (Å²) in [7, 11) is 1.45. The summed E-state index contributed by atoms with van der Waals surface area (Å²) in [6.45, 7) is 4.12. The van der Waals surface area contributed by atoms with Crippen LogP contribution in [0.15, 0.2) is 41.3 Å². The van der Waals surface area contributed by atoms with Gasteiger partial charge in [-0.3, -0.25) is 9.20 Å². The number of hydrogen-bond donors (Lipinski definition) is 1. The molecule has 0 bridgehead atoms. The Morgan fingerprint density at radius 2 is 2.00 bits per heavy atom. The molecule has 5 nitrogen and oxygen atoms in total. The number of imidazole rings is 1. The molecule has 0 amide bonds. The van der Waals surface area contributed by atoms with Gasteiger partial charge in [-0.15, -0.1) is 0 Å². The van der Waals surface area contributed by atoms with Crippen LogP contribution in [0.3, 0.4) is 0 Å². The van der Waals surface area contributed by atoms with Crippen molar-refractivity contribution in [3.05, 3.63) is 73.1 Å². The van der Waals surface area contributed by atoms with Gasteiger partial charge < -0.3 is 9.84 Å². The summed E-state index contributed by atoms with van der Waals surface area (Å²) < 4.78 is 7.20. The Kier molecular flexibility index (Phi) is 4.61. The van der Waals surface area contributed by atoms with Crippen molar-refractivity contribution in [1.29, 1.82) is 0 Å². The van der Waals surface area contributed by atoms with Crippen molar-refractivity contribution in [3.63, 3.8) is 0 Å². The molecule has 0 spiro atoms.